The molecule has 1 fully saturated rings. The van der Waals surface area contributed by atoms with Crippen LogP contribution in [0.3, 0.4) is 0 Å². The molecule has 0 aromatic carbocycles. The molecular weight excluding hydrogens is 207 g/mol. The molecule has 0 aromatic heterocycles. The summed E-state index contributed by atoms with van der Waals surface area (Å²) in [5.41, 5.74) is 0. The fourth-order valence-electron chi connectivity index (χ4n) is 0.903. The van der Waals surface area contributed by atoms with Crippen LogP contribution >= 0.6 is 12.4 Å². The molecule has 1 aliphatic rings. The quantitative estimate of drug-likeness (QED) is 0.728. The van der Waals surface area contributed by atoms with Gasteiger partial charge >= 0.3 is 6.18 Å². The van der Waals surface area contributed by atoms with Crippen LogP contribution in [0.1, 0.15) is 12.8 Å². The van der Waals surface area contributed by atoms with Crippen LogP contribution in [0.4, 0.5) is 13.2 Å². The zero-order chi connectivity index (χ0) is 9.03. The zero-order valence-electron chi connectivity index (χ0n) is 7.06. The molecule has 1 saturated heterocycles. The van der Waals surface area contributed by atoms with Gasteiger partial charge in [-0.3, -0.25) is 0 Å². The van der Waals surface area contributed by atoms with Gasteiger partial charge in [0, 0.05) is 26.1 Å². The van der Waals surface area contributed by atoms with Crippen molar-refractivity contribution in [2.45, 2.75) is 25.1 Å². The number of halogens is 4. The predicted octanol–water partition coefficient (Wildman–Crippen LogP) is 1.74. The molecule has 0 amide bonds. The molecule has 1 rings (SSSR count). The molecule has 13 heavy (non-hydrogen) atoms. The Labute approximate surface area is 81.2 Å². The lowest BCUT2D eigenvalue weighted by Gasteiger charge is -2.27. The Morgan fingerprint density at radius 2 is 1.92 bits per heavy atom. The summed E-state index contributed by atoms with van der Waals surface area (Å²) in [6, 6.07) is 0. The molecule has 1 heterocycles. The molecule has 6 heteroatoms. The number of alkyl halides is 3. The molecule has 0 bridgehead atoms. The third kappa shape index (κ3) is 6.12. The number of hydrogen-bond acceptors (Lipinski definition) is 2. The molecule has 80 valence electrons. The van der Waals surface area contributed by atoms with E-state index in [1.807, 2.05) is 0 Å². The molecule has 1 aliphatic heterocycles. The van der Waals surface area contributed by atoms with E-state index >= 15 is 0 Å². The summed E-state index contributed by atoms with van der Waals surface area (Å²) in [6.45, 7) is 1.75. The van der Waals surface area contributed by atoms with Gasteiger partial charge in [-0.25, -0.2) is 0 Å². The van der Waals surface area contributed by atoms with Crippen molar-refractivity contribution in [1.29, 1.82) is 0 Å². The Morgan fingerprint density at radius 1 is 1.31 bits per heavy atom. The van der Waals surface area contributed by atoms with Crippen molar-refractivity contribution in [2.75, 3.05) is 19.7 Å². The van der Waals surface area contributed by atoms with Crippen LogP contribution in [0.2, 0.25) is 0 Å². The van der Waals surface area contributed by atoms with E-state index in [4.69, 9.17) is 4.74 Å². The van der Waals surface area contributed by atoms with Crippen LogP contribution in [-0.4, -0.2) is 32.0 Å². The van der Waals surface area contributed by atoms with Gasteiger partial charge in [0.2, 0.25) is 0 Å². The molecule has 2 nitrogen and oxygen atoms in total. The standard InChI is InChI=1S/C7H12F3NO.ClH/c8-7(9,10)2-1-3-12-6-4-11-5-6;/h6,11H,1-5H2;1H. The van der Waals surface area contributed by atoms with E-state index in [9.17, 15) is 13.2 Å². The second-order valence-electron chi connectivity index (χ2n) is 2.87. The summed E-state index contributed by atoms with van der Waals surface area (Å²) < 4.78 is 39.9. The number of hydrogen-bond donors (Lipinski definition) is 1. The zero-order valence-corrected chi connectivity index (χ0v) is 7.88. The maximum atomic E-state index is 11.6. The van der Waals surface area contributed by atoms with Crippen LogP contribution in [0.15, 0.2) is 0 Å². The summed E-state index contributed by atoms with van der Waals surface area (Å²) in [4.78, 5) is 0. The largest absolute Gasteiger partial charge is 0.389 e. The lowest BCUT2D eigenvalue weighted by Crippen LogP contribution is -2.48. The van der Waals surface area contributed by atoms with Crippen LogP contribution in [0, 0.1) is 0 Å². The highest BCUT2D eigenvalue weighted by Crippen LogP contribution is 2.21. The summed E-state index contributed by atoms with van der Waals surface area (Å²) in [6.07, 6.45) is -4.58. The Morgan fingerprint density at radius 3 is 2.31 bits per heavy atom. The highest BCUT2D eigenvalue weighted by Gasteiger charge is 2.26. The first-order valence-corrected chi connectivity index (χ1v) is 3.97. The molecule has 0 spiro atoms. The molecule has 0 aromatic rings. The van der Waals surface area contributed by atoms with Crippen LogP contribution in [0.5, 0.6) is 0 Å². The number of ether oxygens (including phenoxy) is 1. The minimum absolute atomic E-state index is 0. The van der Waals surface area contributed by atoms with Crippen LogP contribution in [-0.2, 0) is 4.74 Å². The van der Waals surface area contributed by atoms with E-state index < -0.39 is 12.6 Å². The van der Waals surface area contributed by atoms with Crippen molar-refractivity contribution in [3.8, 4) is 0 Å². The Bertz CT molecular complexity index is 138. The van der Waals surface area contributed by atoms with E-state index in [0.29, 0.717) is 0 Å². The SMILES string of the molecule is Cl.FC(F)(F)CCCOC1CNC1. The van der Waals surface area contributed by atoms with Gasteiger partial charge in [-0.1, -0.05) is 0 Å². The van der Waals surface area contributed by atoms with Gasteiger partial charge in [0.1, 0.15) is 0 Å². The lowest BCUT2D eigenvalue weighted by atomic mass is 10.2. The van der Waals surface area contributed by atoms with E-state index in [2.05, 4.69) is 5.32 Å². The maximum absolute atomic E-state index is 11.6. The van der Waals surface area contributed by atoms with Gasteiger partial charge in [-0.2, -0.15) is 13.2 Å². The van der Waals surface area contributed by atoms with Crippen molar-refractivity contribution >= 4 is 12.4 Å². The third-order valence-electron chi connectivity index (χ3n) is 1.70. The van der Waals surface area contributed by atoms with Crippen molar-refractivity contribution in [1.82, 2.24) is 5.32 Å². The topological polar surface area (TPSA) is 21.3 Å². The normalized spacial score (nSPS) is 17.8. The fraction of sp³-hybridized carbons (Fsp3) is 1.00. The lowest BCUT2D eigenvalue weighted by molar-refractivity contribution is -0.139. The summed E-state index contributed by atoms with van der Waals surface area (Å²) in [5.74, 6) is 0. The van der Waals surface area contributed by atoms with Gasteiger partial charge in [0.15, 0.2) is 0 Å². The minimum atomic E-state index is -4.04. The molecule has 0 unspecified atom stereocenters. The van der Waals surface area contributed by atoms with Crippen LogP contribution < -0.4 is 5.32 Å². The average molecular weight is 220 g/mol. The number of nitrogens with one attached hydrogen (secondary N) is 1. The van der Waals surface area contributed by atoms with Gasteiger partial charge < -0.3 is 10.1 Å². The monoisotopic (exact) mass is 219 g/mol. The average Bonchev–Trinajstić information content (AvgIpc) is 1.80. The molecule has 0 aliphatic carbocycles. The molecule has 0 saturated carbocycles. The van der Waals surface area contributed by atoms with Gasteiger partial charge in [0.25, 0.3) is 0 Å². The van der Waals surface area contributed by atoms with Crippen molar-refractivity contribution in [3.63, 3.8) is 0 Å². The second kappa shape index (κ2) is 5.67. The molecule has 1 N–H and O–H groups in total. The minimum Gasteiger partial charge on any atom is -0.376 e. The van der Waals surface area contributed by atoms with E-state index in [0.717, 1.165) is 13.1 Å². The first-order valence-electron chi connectivity index (χ1n) is 3.97. The second-order valence-corrected chi connectivity index (χ2v) is 2.87. The first kappa shape index (κ1) is 13.0. The highest BCUT2D eigenvalue weighted by molar-refractivity contribution is 5.85. The van der Waals surface area contributed by atoms with Gasteiger partial charge in [-0.15, -0.1) is 12.4 Å². The summed E-state index contributed by atoms with van der Waals surface area (Å²) >= 11 is 0. The first-order chi connectivity index (χ1) is 5.58. The van der Waals surface area contributed by atoms with E-state index in [-0.39, 0.29) is 31.5 Å². The molecule has 0 radical (unpaired) electrons. The number of rotatable bonds is 4. The van der Waals surface area contributed by atoms with Crippen molar-refractivity contribution in [3.05, 3.63) is 0 Å². The Balaban J connectivity index is 0.00000144. The van der Waals surface area contributed by atoms with Gasteiger partial charge in [0.05, 0.1) is 6.10 Å². The predicted molar refractivity (Wildman–Crippen MR) is 45.1 cm³/mol. The fourth-order valence-corrected chi connectivity index (χ4v) is 0.903. The van der Waals surface area contributed by atoms with Crippen molar-refractivity contribution < 1.29 is 17.9 Å². The van der Waals surface area contributed by atoms with Crippen LogP contribution in [0.25, 0.3) is 0 Å². The highest BCUT2D eigenvalue weighted by atomic mass is 35.5. The van der Waals surface area contributed by atoms with Crippen molar-refractivity contribution in [2.24, 2.45) is 0 Å². The van der Waals surface area contributed by atoms with E-state index in [1.165, 1.54) is 0 Å². The smallest absolute Gasteiger partial charge is 0.376 e. The summed E-state index contributed by atoms with van der Waals surface area (Å²) in [7, 11) is 0. The van der Waals surface area contributed by atoms with E-state index in [1.54, 1.807) is 0 Å². The summed E-state index contributed by atoms with van der Waals surface area (Å²) in [5, 5.41) is 2.97. The molecule has 0 atom stereocenters. The molecular formula is C7H13ClF3NO. The maximum Gasteiger partial charge on any atom is 0.389 e. The Kier molecular flexibility index (Phi) is 5.67. The third-order valence-corrected chi connectivity index (χ3v) is 1.70. The van der Waals surface area contributed by atoms with Gasteiger partial charge in [-0.05, 0) is 6.42 Å². The Hall–Kier alpha value is -0.0000000000000000416.